The van der Waals surface area contributed by atoms with E-state index in [1.165, 1.54) is 51.4 Å². The highest BCUT2D eigenvalue weighted by Gasteiger charge is 2.26. The maximum atomic E-state index is 6.55. The second-order valence-electron chi connectivity index (χ2n) is 18.1. The first-order valence-corrected chi connectivity index (χ1v) is 25.4. The number of H-pyrrole nitrogens is 1. The van der Waals surface area contributed by atoms with Gasteiger partial charge in [0, 0.05) is 74.3 Å². The molecular weight excluding hydrogens is 901 g/mol. The van der Waals surface area contributed by atoms with E-state index in [1.54, 1.807) is 12.4 Å². The zero-order valence-electron chi connectivity index (χ0n) is 41.1. The monoisotopic (exact) mass is 969 g/mol. The number of aromatic nitrogens is 10. The van der Waals surface area contributed by atoms with Crippen molar-refractivity contribution in [2.24, 2.45) is 5.11 Å². The van der Waals surface area contributed by atoms with E-state index in [1.807, 2.05) is 62.6 Å². The van der Waals surface area contributed by atoms with Gasteiger partial charge in [-0.25, -0.2) is 39.8 Å². The number of rotatable bonds is 14. The van der Waals surface area contributed by atoms with E-state index in [9.17, 15) is 0 Å². The number of morpholine rings is 2. The summed E-state index contributed by atoms with van der Waals surface area (Å²) in [5.74, 6) is 4.09. The first-order chi connectivity index (χ1) is 35.0. The van der Waals surface area contributed by atoms with Crippen molar-refractivity contribution in [2.45, 2.75) is 96.4 Å². The topological polar surface area (TPSA) is 234 Å². The van der Waals surface area contributed by atoms with Gasteiger partial charge in [0.2, 0.25) is 5.95 Å². The van der Waals surface area contributed by atoms with Crippen LogP contribution in [0.25, 0.3) is 44.8 Å². The largest absolute Gasteiger partial charge is 0.399 e. The van der Waals surface area contributed by atoms with Gasteiger partial charge in [-0.1, -0.05) is 38.5 Å². The van der Waals surface area contributed by atoms with Crippen LogP contribution >= 0.6 is 0 Å². The molecule has 20 heteroatoms. The van der Waals surface area contributed by atoms with E-state index in [4.69, 9.17) is 60.3 Å². The molecule has 20 nitrogen and oxygen atoms in total. The summed E-state index contributed by atoms with van der Waals surface area (Å²) in [5, 5.41) is 18.1. The minimum absolute atomic E-state index is 0.293. The lowest BCUT2D eigenvalue weighted by atomic mass is 9.96. The van der Waals surface area contributed by atoms with Crippen LogP contribution in [0.2, 0.25) is 0 Å². The minimum Gasteiger partial charge on any atom is -0.399 e. The lowest BCUT2D eigenvalue weighted by Gasteiger charge is -2.28. The van der Waals surface area contributed by atoms with E-state index in [0.29, 0.717) is 51.0 Å². The number of anilines is 5. The molecule has 0 bridgehead atoms. The average molecular weight is 969 g/mol. The Morgan fingerprint density at radius 1 is 0.690 bits per heavy atom. The summed E-state index contributed by atoms with van der Waals surface area (Å²) in [4.78, 5) is 31.8. The van der Waals surface area contributed by atoms with Gasteiger partial charge in [-0.3, -0.25) is 0 Å². The van der Waals surface area contributed by atoms with E-state index >= 15 is 0 Å². The van der Waals surface area contributed by atoms with Crippen molar-refractivity contribution in [3.05, 3.63) is 73.3 Å². The molecule has 7 aromatic rings. The van der Waals surface area contributed by atoms with Crippen LogP contribution in [0.3, 0.4) is 0 Å². The van der Waals surface area contributed by atoms with Crippen molar-refractivity contribution in [2.75, 3.05) is 93.2 Å². The van der Waals surface area contributed by atoms with Crippen LogP contribution in [0, 0.1) is 5.53 Å². The van der Waals surface area contributed by atoms with Crippen molar-refractivity contribution in [1.82, 2.24) is 49.5 Å². The number of nitrogens with one attached hydrogen (secondary N) is 3. The molecule has 2 aliphatic heterocycles. The molecule has 2 saturated heterocycles. The molecule has 0 atom stereocenters. The zero-order valence-corrected chi connectivity index (χ0v) is 41.1. The molecule has 4 aliphatic rings. The number of imidazole rings is 1. The average Bonchev–Trinajstić information content (AvgIpc) is 4.22. The van der Waals surface area contributed by atoms with E-state index in [2.05, 4.69) is 51.7 Å². The summed E-state index contributed by atoms with van der Waals surface area (Å²) in [6, 6.07) is 16.8. The first kappa shape index (κ1) is 49.4. The smallest absolute Gasteiger partial charge is 0.204 e. The molecule has 4 fully saturated rings. The van der Waals surface area contributed by atoms with Gasteiger partial charge < -0.3 is 44.8 Å². The van der Waals surface area contributed by atoms with Crippen molar-refractivity contribution < 1.29 is 18.9 Å². The number of ether oxygens (including phenoxy) is 4. The van der Waals surface area contributed by atoms with Crippen LogP contribution in [0.1, 0.15) is 90.1 Å². The Labute approximate surface area is 414 Å². The van der Waals surface area contributed by atoms with Crippen LogP contribution in [-0.2, 0) is 18.9 Å². The second-order valence-corrected chi connectivity index (χ2v) is 18.1. The molecule has 5 N–H and O–H groups in total. The third-order valence-electron chi connectivity index (χ3n) is 13.3. The van der Waals surface area contributed by atoms with Crippen LogP contribution in [0.5, 0.6) is 0 Å². The Morgan fingerprint density at radius 3 is 1.61 bits per heavy atom. The highest BCUT2D eigenvalue weighted by atomic mass is 16.7. The van der Waals surface area contributed by atoms with Gasteiger partial charge in [-0.05, 0) is 88.1 Å². The Bertz CT molecular complexity index is 2720. The summed E-state index contributed by atoms with van der Waals surface area (Å²) in [6.45, 7) is 11.4. The van der Waals surface area contributed by atoms with Crippen LogP contribution in [0.4, 0.5) is 29.0 Å². The third-order valence-corrected chi connectivity index (χ3v) is 13.3. The quantitative estimate of drug-likeness (QED) is 0.0452. The van der Waals surface area contributed by atoms with Gasteiger partial charge >= 0.3 is 0 Å². The predicted molar refractivity (Wildman–Crippen MR) is 275 cm³/mol. The number of aromatic amines is 1. The highest BCUT2D eigenvalue weighted by molar-refractivity contribution is 5.90. The molecule has 0 unspecified atom stereocenters. The molecule has 0 spiro atoms. The van der Waals surface area contributed by atoms with Gasteiger partial charge in [0.05, 0.1) is 61.7 Å². The van der Waals surface area contributed by atoms with E-state index in [-0.39, 0.29) is 6.29 Å². The van der Waals surface area contributed by atoms with Crippen molar-refractivity contribution in [3.63, 3.8) is 0 Å². The molecule has 11 rings (SSSR count). The number of hydrogen-bond acceptors (Lipinski definition) is 17. The molecule has 376 valence electrons. The summed E-state index contributed by atoms with van der Waals surface area (Å²) in [6.07, 6.45) is 19.4. The summed E-state index contributed by atoms with van der Waals surface area (Å²) >= 11 is 0. The summed E-state index contributed by atoms with van der Waals surface area (Å²) in [7, 11) is 0. The van der Waals surface area contributed by atoms with Crippen LogP contribution in [0.15, 0.2) is 78.4 Å². The lowest BCUT2D eigenvalue weighted by Crippen LogP contribution is -2.37. The maximum Gasteiger partial charge on any atom is 0.204 e. The van der Waals surface area contributed by atoms with Gasteiger partial charge in [-0.15, -0.1) is 0 Å². The standard InChI is InChI=1S/C24H28N8O.C21H26N6O.C6H14N2O2/c1-2-4-19(5-3-1)32-23-20(16-27-32)22(31-12-14-33-15-13-31)29-21(30-23)17-6-8-18(9-7-17)28-24-25-10-11-26-24;22-16-8-6-15(7-9-16)19-24-20(26-10-12-28-13-11-26)18-14-23-27(21(18)25-19)17-4-2-1-3-5-17;1-3-9-6(5-8-7)10-4-2/h6-11,16,19H,1-5,12-15H2,(H2,25,26,28);6-9,14,17H,1-5,10-13,22H2;6-7H,3-5H2,1-2H3. The molecule has 5 aromatic heterocycles. The fraction of sp³-hybridized carbons (Fsp3) is 0.510. The molecule has 0 amide bonds. The van der Waals surface area contributed by atoms with Gasteiger partial charge in [0.25, 0.3) is 0 Å². The third kappa shape index (κ3) is 12.3. The second kappa shape index (κ2) is 24.5. The molecule has 2 aromatic carbocycles. The fourth-order valence-electron chi connectivity index (χ4n) is 9.70. The maximum absolute atomic E-state index is 6.55. The van der Waals surface area contributed by atoms with Gasteiger partial charge in [0.1, 0.15) is 18.2 Å². The number of nitrogen functional groups attached to an aromatic ring is 1. The number of nitrogens with zero attached hydrogens (tertiary/aromatic N) is 12. The molecule has 0 radical (unpaired) electrons. The Balaban J connectivity index is 0.000000149. The molecule has 71 heavy (non-hydrogen) atoms. The molecule has 2 saturated carbocycles. The lowest BCUT2D eigenvalue weighted by molar-refractivity contribution is -0.129. The molecule has 7 heterocycles. The number of nitrogens with two attached hydrogens (primary N) is 1. The summed E-state index contributed by atoms with van der Waals surface area (Å²) < 4.78 is 25.6. The Hall–Kier alpha value is -6.61. The predicted octanol–water partition coefficient (Wildman–Crippen LogP) is 9.14. The van der Waals surface area contributed by atoms with Gasteiger partial charge in [0.15, 0.2) is 29.2 Å². The van der Waals surface area contributed by atoms with E-state index in [0.717, 1.165) is 120 Å². The normalized spacial score (nSPS) is 16.9. The zero-order chi connectivity index (χ0) is 48.8. The number of fused-ring (bicyclic) bond motifs is 2. The van der Waals surface area contributed by atoms with Gasteiger partial charge in [-0.2, -0.15) is 15.3 Å². The van der Waals surface area contributed by atoms with Crippen molar-refractivity contribution >= 4 is 51.0 Å². The van der Waals surface area contributed by atoms with Crippen LogP contribution < -0.4 is 20.9 Å². The first-order valence-electron chi connectivity index (χ1n) is 25.4. The molecule has 2 aliphatic carbocycles. The molecular formula is C51H68N16O4. The van der Waals surface area contributed by atoms with Crippen molar-refractivity contribution in [3.8, 4) is 22.8 Å². The van der Waals surface area contributed by atoms with E-state index < -0.39 is 0 Å². The Kier molecular flexibility index (Phi) is 17.0. The summed E-state index contributed by atoms with van der Waals surface area (Å²) in [5.41, 5.74) is 18.0. The number of hydrogen-bond donors (Lipinski definition) is 4. The SMILES string of the molecule is CCOC(CN=N)OCC.Nc1ccc(-c2nc(N3CCOCC3)c3cnn(C4CCCCC4)c3n2)cc1.c1c[nH]c(Nc2ccc(-c3nc(N4CCOCC4)c4cnn(C5CCCCC5)c4n3)cc2)n1. The fourth-order valence-corrected chi connectivity index (χ4v) is 9.70. The number of benzene rings is 2. The highest BCUT2D eigenvalue weighted by Crippen LogP contribution is 2.36. The minimum atomic E-state index is -0.326. The van der Waals surface area contributed by atoms with Crippen molar-refractivity contribution in [1.29, 1.82) is 5.53 Å². The Morgan fingerprint density at radius 2 is 1.17 bits per heavy atom. The van der Waals surface area contributed by atoms with Crippen LogP contribution in [-0.4, -0.2) is 128 Å².